The maximum Gasteiger partial charge on any atom is 0.274 e. The molecule has 1 aromatic carbocycles. The Bertz CT molecular complexity index is 1220. The number of fused-ring (bicyclic) bond motifs is 3. The third-order valence-electron chi connectivity index (χ3n) is 8.20. The number of amides is 1. The number of nitrogens with zero attached hydrogens (tertiary/aromatic N) is 5. The Labute approximate surface area is 224 Å². The van der Waals surface area contributed by atoms with Gasteiger partial charge in [-0.3, -0.25) is 23.5 Å². The molecule has 2 unspecified atom stereocenters. The number of halogens is 2. The third kappa shape index (κ3) is 5.17. The molecular weight excluding hydrogens is 512 g/mol. The van der Waals surface area contributed by atoms with Crippen molar-refractivity contribution in [3.63, 3.8) is 0 Å². The zero-order chi connectivity index (χ0) is 26.3. The van der Waals surface area contributed by atoms with Crippen LogP contribution in [0.3, 0.4) is 0 Å². The van der Waals surface area contributed by atoms with Crippen LogP contribution >= 0.6 is 0 Å². The molecule has 4 aliphatic heterocycles. The number of hydrogen-bond donors (Lipinski definition) is 0. The predicted molar refractivity (Wildman–Crippen MR) is 140 cm³/mol. The fourth-order valence-electron chi connectivity index (χ4n) is 6.27. The molecule has 8 nitrogen and oxygen atoms in total. The van der Waals surface area contributed by atoms with Crippen LogP contribution in [0.2, 0.25) is 0 Å². The average Bonchev–Trinajstić information content (AvgIpc) is 3.31. The van der Waals surface area contributed by atoms with Crippen LogP contribution in [0.4, 0.5) is 8.78 Å². The van der Waals surface area contributed by atoms with Crippen LogP contribution in [0.5, 0.6) is 0 Å². The first-order valence-corrected chi connectivity index (χ1v) is 15.0. The molecule has 11 heteroatoms. The molecule has 38 heavy (non-hydrogen) atoms. The molecule has 2 aromatic rings. The van der Waals surface area contributed by atoms with E-state index in [0.29, 0.717) is 45.0 Å². The summed E-state index contributed by atoms with van der Waals surface area (Å²) in [6.45, 7) is 5.64. The summed E-state index contributed by atoms with van der Waals surface area (Å²) in [4.78, 5) is 20.4. The maximum absolute atomic E-state index is 13.9. The highest BCUT2D eigenvalue weighted by molar-refractivity contribution is 7.84. The van der Waals surface area contributed by atoms with E-state index in [0.717, 1.165) is 60.7 Å². The average molecular weight is 548 g/mol. The monoisotopic (exact) mass is 547 g/mol. The van der Waals surface area contributed by atoms with Crippen LogP contribution in [0.15, 0.2) is 29.2 Å². The number of alkyl halides is 2. The Kier molecular flexibility index (Phi) is 7.36. The first kappa shape index (κ1) is 26.0. The first-order chi connectivity index (χ1) is 18.4. The summed E-state index contributed by atoms with van der Waals surface area (Å²) in [6, 6.07) is 7.76. The molecule has 3 saturated heterocycles. The van der Waals surface area contributed by atoms with Gasteiger partial charge in [-0.2, -0.15) is 5.10 Å². The number of aromatic nitrogens is 2. The van der Waals surface area contributed by atoms with E-state index in [1.54, 1.807) is 4.90 Å². The standard InChI is InChI=1S/C27H35F2N5O3S/c28-27(29)8-4-10-32(19-27)12-11-31-9-3-5-20(17-31)34-25-21-6-1-2-7-23(21)38(36)18-22(25)24(30-34)26(35)33-13-15-37-16-14-33/h1-2,6-7,20H,3-5,8-19H2. The molecule has 0 radical (unpaired) electrons. The normalized spacial score (nSPS) is 26.1. The second-order valence-electron chi connectivity index (χ2n) is 10.8. The lowest BCUT2D eigenvalue weighted by atomic mass is 10.0. The van der Waals surface area contributed by atoms with E-state index in [1.807, 2.05) is 33.8 Å². The van der Waals surface area contributed by atoms with Crippen molar-refractivity contribution in [3.05, 3.63) is 35.5 Å². The van der Waals surface area contributed by atoms with E-state index in [4.69, 9.17) is 9.84 Å². The van der Waals surface area contributed by atoms with Crippen molar-refractivity contribution in [2.24, 2.45) is 0 Å². The highest BCUT2D eigenvalue weighted by Crippen LogP contribution is 2.40. The Morgan fingerprint density at radius 1 is 1.08 bits per heavy atom. The van der Waals surface area contributed by atoms with Crippen LogP contribution in [0, 0.1) is 0 Å². The zero-order valence-electron chi connectivity index (χ0n) is 21.6. The minimum Gasteiger partial charge on any atom is -0.378 e. The van der Waals surface area contributed by atoms with Crippen molar-refractivity contribution in [2.75, 3.05) is 65.6 Å². The summed E-state index contributed by atoms with van der Waals surface area (Å²) in [5.74, 6) is -2.44. The van der Waals surface area contributed by atoms with E-state index in [9.17, 15) is 17.8 Å². The van der Waals surface area contributed by atoms with Gasteiger partial charge in [0.15, 0.2) is 5.69 Å². The first-order valence-electron chi connectivity index (χ1n) is 13.7. The summed E-state index contributed by atoms with van der Waals surface area (Å²) >= 11 is 0. The predicted octanol–water partition coefficient (Wildman–Crippen LogP) is 3.01. The van der Waals surface area contributed by atoms with Crippen LogP contribution < -0.4 is 0 Å². The Morgan fingerprint density at radius 3 is 2.66 bits per heavy atom. The van der Waals surface area contributed by atoms with Gasteiger partial charge in [-0.25, -0.2) is 8.78 Å². The van der Waals surface area contributed by atoms with Crippen molar-refractivity contribution in [1.82, 2.24) is 24.5 Å². The number of benzene rings is 1. The number of hydrogen-bond acceptors (Lipinski definition) is 6. The van der Waals surface area contributed by atoms with Gasteiger partial charge in [0.2, 0.25) is 0 Å². The zero-order valence-corrected chi connectivity index (χ0v) is 22.4. The minimum absolute atomic E-state index is 0.0164. The van der Waals surface area contributed by atoms with E-state index < -0.39 is 16.7 Å². The summed E-state index contributed by atoms with van der Waals surface area (Å²) < 4.78 is 48.4. The molecule has 4 aliphatic rings. The molecule has 0 bridgehead atoms. The molecule has 1 aromatic heterocycles. The molecule has 0 spiro atoms. The smallest absolute Gasteiger partial charge is 0.274 e. The molecule has 1 amide bonds. The summed E-state index contributed by atoms with van der Waals surface area (Å²) in [5.41, 5.74) is 2.95. The number of carbonyl (C=O) groups is 1. The number of likely N-dealkylation sites (tertiary alicyclic amines) is 2. The molecule has 5 heterocycles. The van der Waals surface area contributed by atoms with Crippen LogP contribution in [0.25, 0.3) is 11.3 Å². The van der Waals surface area contributed by atoms with Crippen LogP contribution in [-0.2, 0) is 21.3 Å². The summed E-state index contributed by atoms with van der Waals surface area (Å²) in [7, 11) is -1.25. The minimum atomic E-state index is -2.59. The number of morpholine rings is 1. The van der Waals surface area contributed by atoms with Gasteiger partial charge in [-0.15, -0.1) is 0 Å². The van der Waals surface area contributed by atoms with E-state index in [1.165, 1.54) is 0 Å². The molecule has 0 saturated carbocycles. The third-order valence-corrected chi connectivity index (χ3v) is 9.60. The quantitative estimate of drug-likeness (QED) is 0.573. The molecule has 0 aliphatic carbocycles. The molecular formula is C27H35F2N5O3S. The van der Waals surface area contributed by atoms with Crippen molar-refractivity contribution in [2.45, 2.75) is 48.3 Å². The number of carbonyl (C=O) groups excluding carboxylic acids is 1. The Balaban J connectivity index is 1.28. The topological polar surface area (TPSA) is 70.9 Å². The van der Waals surface area contributed by atoms with Crippen LogP contribution in [0.1, 0.15) is 47.8 Å². The molecule has 6 rings (SSSR count). The SMILES string of the molecule is O=C(c1nn(C2CCCN(CCN3CCCC(F)(F)C3)C2)c2c1CS(=O)c1ccccc1-2)N1CCOCC1. The molecule has 206 valence electrons. The Hall–Kier alpha value is -2.21. The highest BCUT2D eigenvalue weighted by atomic mass is 32.2. The number of piperidine rings is 2. The molecule has 2 atom stereocenters. The van der Waals surface area contributed by atoms with Gasteiger partial charge in [-0.1, -0.05) is 18.2 Å². The largest absolute Gasteiger partial charge is 0.378 e. The second-order valence-corrected chi connectivity index (χ2v) is 12.3. The number of rotatable bonds is 5. The van der Waals surface area contributed by atoms with Gasteiger partial charge < -0.3 is 9.64 Å². The second kappa shape index (κ2) is 10.7. The van der Waals surface area contributed by atoms with Gasteiger partial charge in [0.25, 0.3) is 11.8 Å². The maximum atomic E-state index is 13.9. The van der Waals surface area contributed by atoms with Crippen molar-refractivity contribution in [3.8, 4) is 11.3 Å². The lowest BCUT2D eigenvalue weighted by molar-refractivity contribution is -0.0656. The van der Waals surface area contributed by atoms with Gasteiger partial charge in [0.1, 0.15) is 0 Å². The van der Waals surface area contributed by atoms with E-state index in [2.05, 4.69) is 4.90 Å². The molecule has 0 N–H and O–H groups in total. The Morgan fingerprint density at radius 2 is 1.84 bits per heavy atom. The molecule has 3 fully saturated rings. The van der Waals surface area contributed by atoms with E-state index >= 15 is 0 Å². The number of ether oxygens (including phenoxy) is 1. The fraction of sp³-hybridized carbons (Fsp3) is 0.630. The van der Waals surface area contributed by atoms with Gasteiger partial charge in [0, 0.05) is 55.2 Å². The van der Waals surface area contributed by atoms with Crippen molar-refractivity contribution < 1.29 is 22.5 Å². The van der Waals surface area contributed by atoms with Crippen LogP contribution in [-0.4, -0.2) is 106 Å². The van der Waals surface area contributed by atoms with Gasteiger partial charge in [-0.05, 0) is 38.4 Å². The highest BCUT2D eigenvalue weighted by Gasteiger charge is 2.37. The van der Waals surface area contributed by atoms with Crippen molar-refractivity contribution in [1.29, 1.82) is 0 Å². The lowest BCUT2D eigenvalue weighted by Gasteiger charge is -2.37. The fourth-order valence-corrected chi connectivity index (χ4v) is 7.60. The van der Waals surface area contributed by atoms with Gasteiger partial charge in [0.05, 0.1) is 48.0 Å². The summed E-state index contributed by atoms with van der Waals surface area (Å²) in [5, 5.41) is 4.94. The lowest BCUT2D eigenvalue weighted by Crippen LogP contribution is -2.47. The summed E-state index contributed by atoms with van der Waals surface area (Å²) in [6.07, 6.45) is 2.41. The van der Waals surface area contributed by atoms with Gasteiger partial charge >= 0.3 is 0 Å². The van der Waals surface area contributed by atoms with E-state index in [-0.39, 0.29) is 30.7 Å². The van der Waals surface area contributed by atoms with Crippen molar-refractivity contribution >= 4 is 16.7 Å².